The van der Waals surface area contributed by atoms with Crippen LogP contribution in [0.3, 0.4) is 0 Å². The average Bonchev–Trinajstić information content (AvgIpc) is 3.29. The van der Waals surface area contributed by atoms with E-state index in [0.717, 1.165) is 56.9 Å². The predicted octanol–water partition coefficient (Wildman–Crippen LogP) is 3.95. The van der Waals surface area contributed by atoms with Crippen LogP contribution in [0.25, 0.3) is 5.69 Å². The summed E-state index contributed by atoms with van der Waals surface area (Å²) in [6.45, 7) is 9.40. The second-order valence-electron chi connectivity index (χ2n) is 9.63. The van der Waals surface area contributed by atoms with Crippen LogP contribution in [0.15, 0.2) is 65.6 Å². The van der Waals surface area contributed by atoms with E-state index in [2.05, 4.69) is 53.0 Å². The van der Waals surface area contributed by atoms with E-state index in [4.69, 9.17) is 4.74 Å². The summed E-state index contributed by atoms with van der Waals surface area (Å²) in [5.41, 5.74) is 3.99. The number of hydrogen-bond donors (Lipinski definition) is 0. The van der Waals surface area contributed by atoms with Crippen LogP contribution in [0.5, 0.6) is 5.75 Å². The van der Waals surface area contributed by atoms with Gasteiger partial charge in [-0.2, -0.15) is 9.78 Å². The number of anilines is 1. The van der Waals surface area contributed by atoms with E-state index in [9.17, 15) is 4.79 Å². The van der Waals surface area contributed by atoms with Crippen LogP contribution in [0.4, 0.5) is 5.69 Å². The minimum atomic E-state index is -0.193. The van der Waals surface area contributed by atoms with Gasteiger partial charge in [0.15, 0.2) is 0 Å². The predicted molar refractivity (Wildman–Crippen MR) is 136 cm³/mol. The van der Waals surface area contributed by atoms with Crippen LogP contribution in [0.1, 0.15) is 31.4 Å². The van der Waals surface area contributed by atoms with Crippen molar-refractivity contribution in [3.8, 4) is 11.4 Å². The van der Waals surface area contributed by atoms with Gasteiger partial charge in [-0.15, -0.1) is 0 Å². The summed E-state index contributed by atoms with van der Waals surface area (Å²) in [5.74, 6) is 1.12. The molecule has 6 nitrogen and oxygen atoms in total. The molecule has 2 heterocycles. The van der Waals surface area contributed by atoms with E-state index in [0.29, 0.717) is 11.7 Å². The fourth-order valence-electron chi connectivity index (χ4n) is 5.03. The highest BCUT2D eigenvalue weighted by atomic mass is 16.5. The summed E-state index contributed by atoms with van der Waals surface area (Å²) in [4.78, 5) is 18.5. The highest BCUT2D eigenvalue weighted by Gasteiger charge is 2.28. The van der Waals surface area contributed by atoms with Gasteiger partial charge in [0.2, 0.25) is 5.75 Å². The second-order valence-corrected chi connectivity index (χ2v) is 9.63. The van der Waals surface area contributed by atoms with E-state index in [1.165, 1.54) is 22.2 Å². The van der Waals surface area contributed by atoms with E-state index in [-0.39, 0.29) is 11.7 Å². The lowest BCUT2D eigenvalue weighted by Crippen LogP contribution is -2.48. The number of fused-ring (bicyclic) bond motifs is 1. The Labute approximate surface area is 201 Å². The molecule has 6 heteroatoms. The molecule has 0 radical (unpaired) electrons. The van der Waals surface area contributed by atoms with Crippen LogP contribution >= 0.6 is 0 Å². The number of rotatable bonds is 7. The Bertz CT molecular complexity index is 1140. The lowest BCUT2D eigenvalue weighted by molar-refractivity contribution is 0.205. The Morgan fingerprint density at radius 2 is 1.62 bits per heavy atom. The fraction of sp³-hybridized carbons (Fsp3) is 0.429. The quantitative estimate of drug-likeness (QED) is 0.537. The van der Waals surface area contributed by atoms with Gasteiger partial charge < -0.3 is 9.64 Å². The smallest absolute Gasteiger partial charge is 0.316 e. The number of aromatic nitrogens is 2. The first-order valence-electron chi connectivity index (χ1n) is 12.5. The summed E-state index contributed by atoms with van der Waals surface area (Å²) in [6, 6.07) is 18.0. The monoisotopic (exact) mass is 458 g/mol. The molecule has 1 aliphatic carbocycles. The van der Waals surface area contributed by atoms with Gasteiger partial charge in [0, 0.05) is 45.6 Å². The molecule has 1 saturated heterocycles. The molecule has 34 heavy (non-hydrogen) atoms. The molecular formula is C28H34N4O2. The lowest BCUT2D eigenvalue weighted by atomic mass is 10.1. The zero-order valence-electron chi connectivity index (χ0n) is 20.2. The molecule has 1 aromatic heterocycles. The molecule has 1 aliphatic heterocycles. The highest BCUT2D eigenvalue weighted by molar-refractivity contribution is 5.57. The normalized spacial score (nSPS) is 17.5. The molecule has 1 atom stereocenters. The summed E-state index contributed by atoms with van der Waals surface area (Å²) in [7, 11) is 0. The molecule has 2 aromatic carbocycles. The molecule has 5 rings (SSSR count). The summed E-state index contributed by atoms with van der Waals surface area (Å²) in [5, 5.41) is 4.55. The molecule has 1 fully saturated rings. The largest absolute Gasteiger partial charge is 0.482 e. The summed E-state index contributed by atoms with van der Waals surface area (Å²) < 4.78 is 7.97. The maximum absolute atomic E-state index is 13.7. The van der Waals surface area contributed by atoms with Crippen LogP contribution in [0, 0.1) is 5.92 Å². The molecule has 3 aromatic rings. The first kappa shape index (κ1) is 22.7. The maximum Gasteiger partial charge on any atom is 0.316 e. The molecular weight excluding hydrogens is 424 g/mol. The van der Waals surface area contributed by atoms with Gasteiger partial charge in [-0.1, -0.05) is 62.7 Å². The van der Waals surface area contributed by atoms with Crippen molar-refractivity contribution in [2.75, 3.05) is 37.6 Å². The molecule has 178 valence electrons. The highest BCUT2D eigenvalue weighted by Crippen LogP contribution is 2.30. The molecule has 0 amide bonds. The van der Waals surface area contributed by atoms with Gasteiger partial charge >= 0.3 is 5.56 Å². The van der Waals surface area contributed by atoms with Gasteiger partial charge in [-0.25, -0.2) is 0 Å². The number of piperazine rings is 1. The standard InChI is InChI=1S/C28H34N4O2/c1-3-21(2)20-30-13-15-31(16-14-30)26-19-29-32(24-11-5-4-6-12-24)28(33)27(26)34-25-17-22-9-7-8-10-23(22)18-25/h4-12,19,21,25H,3,13-18,20H2,1-2H3. The van der Waals surface area contributed by atoms with Gasteiger partial charge in [-0.3, -0.25) is 9.69 Å². The van der Waals surface area contributed by atoms with Gasteiger partial charge in [0.25, 0.3) is 0 Å². The Hall–Kier alpha value is -3.12. The van der Waals surface area contributed by atoms with Crippen LogP contribution in [-0.2, 0) is 12.8 Å². The SMILES string of the molecule is CCC(C)CN1CCN(c2cnn(-c3ccccc3)c(=O)c2OC2Cc3ccccc3C2)CC1. The third-order valence-corrected chi connectivity index (χ3v) is 7.19. The molecule has 0 bridgehead atoms. The third-order valence-electron chi connectivity index (χ3n) is 7.19. The van der Waals surface area contributed by atoms with Crippen molar-refractivity contribution < 1.29 is 4.74 Å². The minimum absolute atomic E-state index is 0.0397. The summed E-state index contributed by atoms with van der Waals surface area (Å²) in [6.07, 6.45) is 4.62. The number of hydrogen-bond acceptors (Lipinski definition) is 5. The molecule has 0 spiro atoms. The fourth-order valence-corrected chi connectivity index (χ4v) is 5.03. The van der Waals surface area contributed by atoms with Gasteiger partial charge in [0.05, 0.1) is 11.9 Å². The van der Waals surface area contributed by atoms with Crippen molar-refractivity contribution in [3.05, 3.63) is 82.3 Å². The van der Waals surface area contributed by atoms with Crippen LogP contribution in [-0.4, -0.2) is 53.5 Å². The molecule has 1 unspecified atom stereocenters. The van der Waals surface area contributed by atoms with Crippen molar-refractivity contribution in [2.45, 2.75) is 39.2 Å². The second kappa shape index (κ2) is 10.0. The Balaban J connectivity index is 1.42. The first-order chi connectivity index (χ1) is 16.6. The number of para-hydroxylation sites is 1. The van der Waals surface area contributed by atoms with Gasteiger partial charge in [-0.05, 0) is 29.2 Å². The zero-order chi connectivity index (χ0) is 23.5. The van der Waals surface area contributed by atoms with Crippen LogP contribution < -0.4 is 15.2 Å². The van der Waals surface area contributed by atoms with Crippen molar-refractivity contribution in [1.29, 1.82) is 0 Å². The van der Waals surface area contributed by atoms with Crippen molar-refractivity contribution in [2.24, 2.45) is 5.92 Å². The van der Waals surface area contributed by atoms with Crippen molar-refractivity contribution in [1.82, 2.24) is 14.7 Å². The number of nitrogens with zero attached hydrogens (tertiary/aromatic N) is 4. The van der Waals surface area contributed by atoms with Crippen molar-refractivity contribution in [3.63, 3.8) is 0 Å². The van der Waals surface area contributed by atoms with Crippen molar-refractivity contribution >= 4 is 5.69 Å². The third kappa shape index (κ3) is 4.73. The minimum Gasteiger partial charge on any atom is -0.482 e. The Morgan fingerprint density at radius 3 is 2.26 bits per heavy atom. The number of ether oxygens (including phenoxy) is 1. The molecule has 0 N–H and O–H groups in total. The Morgan fingerprint density at radius 1 is 0.971 bits per heavy atom. The average molecular weight is 459 g/mol. The maximum atomic E-state index is 13.7. The number of benzene rings is 2. The Kier molecular flexibility index (Phi) is 6.68. The van der Waals surface area contributed by atoms with E-state index >= 15 is 0 Å². The summed E-state index contributed by atoms with van der Waals surface area (Å²) >= 11 is 0. The zero-order valence-corrected chi connectivity index (χ0v) is 20.2. The van der Waals surface area contributed by atoms with Crippen LogP contribution in [0.2, 0.25) is 0 Å². The topological polar surface area (TPSA) is 50.6 Å². The van der Waals surface area contributed by atoms with E-state index < -0.39 is 0 Å². The van der Waals surface area contributed by atoms with E-state index in [1.54, 1.807) is 0 Å². The molecule has 0 saturated carbocycles. The first-order valence-corrected chi connectivity index (χ1v) is 12.5. The van der Waals surface area contributed by atoms with E-state index in [1.807, 2.05) is 36.5 Å². The molecule has 2 aliphatic rings. The lowest BCUT2D eigenvalue weighted by Gasteiger charge is -2.37. The van der Waals surface area contributed by atoms with Gasteiger partial charge in [0.1, 0.15) is 11.8 Å².